The zero-order valence-corrected chi connectivity index (χ0v) is 6.56. The van der Waals surface area contributed by atoms with E-state index in [1.165, 1.54) is 0 Å². The van der Waals surface area contributed by atoms with Crippen molar-refractivity contribution in [1.29, 1.82) is 0 Å². The fourth-order valence-corrected chi connectivity index (χ4v) is 1.43. The summed E-state index contributed by atoms with van der Waals surface area (Å²) in [6, 6.07) is 0. The molecule has 12 heavy (non-hydrogen) atoms. The molecule has 5 heteroatoms. The summed E-state index contributed by atoms with van der Waals surface area (Å²) in [5.41, 5.74) is 0. The van der Waals surface area contributed by atoms with Gasteiger partial charge in [-0.1, -0.05) is 0 Å². The van der Waals surface area contributed by atoms with Crippen LogP contribution in [0.5, 0.6) is 0 Å². The van der Waals surface area contributed by atoms with Gasteiger partial charge in [0.2, 0.25) is 0 Å². The summed E-state index contributed by atoms with van der Waals surface area (Å²) in [7, 11) is 0. The maximum Gasteiger partial charge on any atom is 0.414 e. The summed E-state index contributed by atoms with van der Waals surface area (Å²) in [5.74, 6) is -0.619. The number of nitrogens with one attached hydrogen (secondary N) is 1. The minimum absolute atomic E-state index is 0.403. The standard InChI is InChI=1S/C7H12F3NO/c8-7(9,10)6(12)5-1-3-11-4-2-5/h5-6,11-12H,1-4H2. The quantitative estimate of drug-likeness (QED) is 0.633. The van der Waals surface area contributed by atoms with E-state index in [0.717, 1.165) is 0 Å². The lowest BCUT2D eigenvalue weighted by Crippen LogP contribution is -2.41. The van der Waals surface area contributed by atoms with Crippen LogP contribution in [0, 0.1) is 5.92 Å². The smallest absolute Gasteiger partial charge is 0.383 e. The third kappa shape index (κ3) is 2.35. The van der Waals surface area contributed by atoms with Crippen molar-refractivity contribution < 1.29 is 18.3 Å². The van der Waals surface area contributed by atoms with Crippen molar-refractivity contribution >= 4 is 0 Å². The van der Waals surface area contributed by atoms with E-state index in [1.807, 2.05) is 0 Å². The predicted molar refractivity (Wildman–Crippen MR) is 37.7 cm³/mol. The fraction of sp³-hybridized carbons (Fsp3) is 1.00. The van der Waals surface area contributed by atoms with Gasteiger partial charge < -0.3 is 10.4 Å². The average Bonchev–Trinajstić information content (AvgIpc) is 2.03. The van der Waals surface area contributed by atoms with Crippen molar-refractivity contribution in [2.75, 3.05) is 13.1 Å². The summed E-state index contributed by atoms with van der Waals surface area (Å²) >= 11 is 0. The Labute approximate surface area is 68.8 Å². The van der Waals surface area contributed by atoms with E-state index in [-0.39, 0.29) is 0 Å². The molecule has 0 aromatic carbocycles. The van der Waals surface area contributed by atoms with Crippen LogP contribution >= 0.6 is 0 Å². The lowest BCUT2D eigenvalue weighted by atomic mass is 9.92. The number of halogens is 3. The molecule has 2 nitrogen and oxygen atoms in total. The zero-order chi connectivity index (χ0) is 9.19. The number of aliphatic hydroxyl groups excluding tert-OH is 1. The van der Waals surface area contributed by atoms with Crippen LogP contribution in [-0.2, 0) is 0 Å². The fourth-order valence-electron chi connectivity index (χ4n) is 1.43. The Morgan fingerprint density at radius 3 is 2.17 bits per heavy atom. The molecule has 0 aliphatic carbocycles. The van der Waals surface area contributed by atoms with E-state index in [4.69, 9.17) is 5.11 Å². The Hall–Kier alpha value is -0.290. The van der Waals surface area contributed by atoms with Gasteiger partial charge in [0.1, 0.15) is 0 Å². The molecule has 2 N–H and O–H groups in total. The maximum atomic E-state index is 12.0. The summed E-state index contributed by atoms with van der Waals surface area (Å²) in [5, 5.41) is 11.8. The molecule has 0 amide bonds. The molecular weight excluding hydrogens is 171 g/mol. The van der Waals surface area contributed by atoms with Gasteiger partial charge in [-0.3, -0.25) is 0 Å². The molecule has 0 aromatic heterocycles. The summed E-state index contributed by atoms with van der Waals surface area (Å²) < 4.78 is 35.9. The number of hydrogen-bond donors (Lipinski definition) is 2. The Bertz CT molecular complexity index is 142. The lowest BCUT2D eigenvalue weighted by Gasteiger charge is -2.28. The van der Waals surface area contributed by atoms with Crippen LogP contribution in [0.3, 0.4) is 0 Å². The second-order valence-electron chi connectivity index (χ2n) is 3.07. The van der Waals surface area contributed by atoms with Crippen LogP contribution in [-0.4, -0.2) is 30.5 Å². The van der Waals surface area contributed by atoms with Gasteiger partial charge in [0.05, 0.1) is 0 Å². The third-order valence-corrected chi connectivity index (χ3v) is 2.17. The van der Waals surface area contributed by atoms with Gasteiger partial charge in [0.15, 0.2) is 6.10 Å². The lowest BCUT2D eigenvalue weighted by molar-refractivity contribution is -0.221. The maximum absolute atomic E-state index is 12.0. The molecule has 0 aromatic rings. The normalized spacial score (nSPS) is 24.0. The molecule has 1 aliphatic heterocycles. The van der Waals surface area contributed by atoms with E-state index in [0.29, 0.717) is 25.9 Å². The van der Waals surface area contributed by atoms with Crippen LogP contribution in [0.25, 0.3) is 0 Å². The number of aliphatic hydroxyl groups is 1. The van der Waals surface area contributed by atoms with E-state index in [2.05, 4.69) is 5.32 Å². The molecule has 1 atom stereocenters. The van der Waals surface area contributed by atoms with E-state index >= 15 is 0 Å². The first-order valence-electron chi connectivity index (χ1n) is 3.97. The van der Waals surface area contributed by atoms with E-state index in [9.17, 15) is 13.2 Å². The first kappa shape index (κ1) is 9.80. The Morgan fingerprint density at radius 1 is 1.25 bits per heavy atom. The molecule has 72 valence electrons. The highest BCUT2D eigenvalue weighted by atomic mass is 19.4. The minimum atomic E-state index is -4.46. The molecule has 1 heterocycles. The number of rotatable bonds is 1. The first-order valence-corrected chi connectivity index (χ1v) is 3.97. The number of alkyl halides is 3. The highest BCUT2D eigenvalue weighted by Gasteiger charge is 2.43. The van der Waals surface area contributed by atoms with Gasteiger partial charge in [-0.25, -0.2) is 0 Å². The summed E-state index contributed by atoms with van der Waals surface area (Å²) in [4.78, 5) is 0. The van der Waals surface area contributed by atoms with Crippen LogP contribution in [0.15, 0.2) is 0 Å². The molecule has 0 spiro atoms. The van der Waals surface area contributed by atoms with E-state index in [1.54, 1.807) is 0 Å². The SMILES string of the molecule is OC(C1CCNCC1)C(F)(F)F. The molecule has 1 unspecified atom stereocenters. The second-order valence-corrected chi connectivity index (χ2v) is 3.07. The highest BCUT2D eigenvalue weighted by Crippen LogP contribution is 2.29. The molecule has 1 fully saturated rings. The van der Waals surface area contributed by atoms with Crippen molar-refractivity contribution in [3.63, 3.8) is 0 Å². The second kappa shape index (κ2) is 3.62. The van der Waals surface area contributed by atoms with Crippen LogP contribution in [0.2, 0.25) is 0 Å². The largest absolute Gasteiger partial charge is 0.414 e. The first-order chi connectivity index (χ1) is 5.52. The Kier molecular flexibility index (Phi) is 2.95. The van der Waals surface area contributed by atoms with Crippen molar-refractivity contribution in [1.82, 2.24) is 5.32 Å². The molecule has 1 rings (SSSR count). The van der Waals surface area contributed by atoms with Gasteiger partial charge >= 0.3 is 6.18 Å². The highest BCUT2D eigenvalue weighted by molar-refractivity contribution is 4.79. The van der Waals surface area contributed by atoms with Crippen LogP contribution in [0.1, 0.15) is 12.8 Å². The van der Waals surface area contributed by atoms with Crippen molar-refractivity contribution in [2.45, 2.75) is 25.1 Å². The Balaban J connectivity index is 2.45. The van der Waals surface area contributed by atoms with Crippen molar-refractivity contribution in [3.05, 3.63) is 0 Å². The molecular formula is C7H12F3NO. The summed E-state index contributed by atoms with van der Waals surface area (Å²) in [6.45, 7) is 1.13. The van der Waals surface area contributed by atoms with Crippen LogP contribution in [0.4, 0.5) is 13.2 Å². The third-order valence-electron chi connectivity index (χ3n) is 2.17. The monoisotopic (exact) mass is 183 g/mol. The molecule has 0 radical (unpaired) electrons. The molecule has 1 aliphatic rings. The van der Waals surface area contributed by atoms with Crippen molar-refractivity contribution in [3.8, 4) is 0 Å². The number of piperidine rings is 1. The van der Waals surface area contributed by atoms with E-state index < -0.39 is 18.2 Å². The zero-order valence-electron chi connectivity index (χ0n) is 6.56. The van der Waals surface area contributed by atoms with Crippen molar-refractivity contribution in [2.24, 2.45) is 5.92 Å². The van der Waals surface area contributed by atoms with Gasteiger partial charge in [0, 0.05) is 0 Å². The van der Waals surface area contributed by atoms with Crippen LogP contribution < -0.4 is 5.32 Å². The van der Waals surface area contributed by atoms with Gasteiger partial charge in [-0.15, -0.1) is 0 Å². The number of hydrogen-bond acceptors (Lipinski definition) is 2. The molecule has 0 saturated carbocycles. The topological polar surface area (TPSA) is 32.3 Å². The average molecular weight is 183 g/mol. The van der Waals surface area contributed by atoms with Gasteiger partial charge in [0.25, 0.3) is 0 Å². The molecule has 0 bridgehead atoms. The van der Waals surface area contributed by atoms with Gasteiger partial charge in [-0.05, 0) is 31.8 Å². The van der Waals surface area contributed by atoms with Gasteiger partial charge in [-0.2, -0.15) is 13.2 Å². The molecule has 1 saturated heterocycles. The minimum Gasteiger partial charge on any atom is -0.383 e. The summed E-state index contributed by atoms with van der Waals surface area (Å²) in [6.07, 6.45) is -5.79. The predicted octanol–water partition coefficient (Wildman–Crippen LogP) is 0.909. The Morgan fingerprint density at radius 2 is 1.75 bits per heavy atom.